The number of H-pyrrole nitrogens is 1. The summed E-state index contributed by atoms with van der Waals surface area (Å²) in [6.07, 6.45) is 0.808. The first-order chi connectivity index (χ1) is 7.63. The maximum absolute atomic E-state index is 5.90. The fraction of sp³-hybridized carbons (Fsp3) is 0.200. The Bertz CT molecular complexity index is 576. The van der Waals surface area contributed by atoms with Crippen LogP contribution in [0.3, 0.4) is 0 Å². The van der Waals surface area contributed by atoms with Crippen LogP contribution in [0.5, 0.6) is 0 Å². The Balaban J connectivity index is 2.67. The number of aryl methyl sites for hydroxylation is 1. The lowest BCUT2D eigenvalue weighted by molar-refractivity contribution is 0.877. The molecule has 0 unspecified atom stereocenters. The summed E-state index contributed by atoms with van der Waals surface area (Å²) in [6, 6.07) is 5.58. The minimum atomic E-state index is 0.583. The van der Waals surface area contributed by atoms with Gasteiger partial charge in [-0.15, -0.1) is 0 Å². The Hall–Kier alpha value is -0.650. The first kappa shape index (κ1) is 11.8. The number of aromatic nitrogens is 3. The van der Waals surface area contributed by atoms with E-state index in [1.54, 1.807) is 0 Å². The number of benzene rings is 1. The Morgan fingerprint density at radius 3 is 2.94 bits per heavy atom. The van der Waals surface area contributed by atoms with Gasteiger partial charge in [-0.25, -0.2) is 0 Å². The van der Waals surface area contributed by atoms with Gasteiger partial charge in [-0.05, 0) is 46.3 Å². The molecule has 84 valence electrons. The summed E-state index contributed by atoms with van der Waals surface area (Å²) in [6.45, 7) is 2.03. The van der Waals surface area contributed by atoms with Crippen molar-refractivity contribution in [2.24, 2.45) is 0 Å². The van der Waals surface area contributed by atoms with Gasteiger partial charge >= 0.3 is 0 Å². The Kier molecular flexibility index (Phi) is 3.47. The third kappa shape index (κ3) is 2.07. The molecule has 0 aliphatic carbocycles. The number of halogens is 2. The van der Waals surface area contributed by atoms with Gasteiger partial charge in [-0.3, -0.25) is 9.67 Å². The molecular weight excluding hydrogens is 310 g/mol. The molecule has 0 spiro atoms. The fourth-order valence-corrected chi connectivity index (χ4v) is 2.59. The molecule has 0 fully saturated rings. The van der Waals surface area contributed by atoms with Crippen molar-refractivity contribution in [3.63, 3.8) is 0 Å². The molecule has 2 aromatic rings. The summed E-state index contributed by atoms with van der Waals surface area (Å²) in [4.78, 5) is 0. The van der Waals surface area contributed by atoms with Gasteiger partial charge in [0.25, 0.3) is 0 Å². The second kappa shape index (κ2) is 4.69. The highest BCUT2D eigenvalue weighted by Crippen LogP contribution is 2.25. The number of nitrogens with zero attached hydrogens (tertiary/aromatic N) is 2. The maximum Gasteiger partial charge on any atom is 0.199 e. The normalized spacial score (nSPS) is 10.7. The number of hydrogen-bond donors (Lipinski definition) is 1. The summed E-state index contributed by atoms with van der Waals surface area (Å²) in [5.74, 6) is 0.896. The molecule has 0 aliphatic heterocycles. The van der Waals surface area contributed by atoms with E-state index in [1.807, 2.05) is 29.7 Å². The van der Waals surface area contributed by atoms with E-state index in [9.17, 15) is 0 Å². The highest BCUT2D eigenvalue weighted by Gasteiger charge is 2.09. The van der Waals surface area contributed by atoms with Crippen LogP contribution in [0.2, 0.25) is 5.02 Å². The lowest BCUT2D eigenvalue weighted by Crippen LogP contribution is -2.01. The van der Waals surface area contributed by atoms with Gasteiger partial charge < -0.3 is 0 Å². The van der Waals surface area contributed by atoms with Crippen molar-refractivity contribution in [2.75, 3.05) is 0 Å². The van der Waals surface area contributed by atoms with Crippen LogP contribution in [-0.4, -0.2) is 14.8 Å². The summed E-state index contributed by atoms with van der Waals surface area (Å²) < 4.78 is 3.38. The van der Waals surface area contributed by atoms with E-state index < -0.39 is 0 Å². The molecule has 2 rings (SSSR count). The molecule has 16 heavy (non-hydrogen) atoms. The van der Waals surface area contributed by atoms with Gasteiger partial charge in [-0.2, -0.15) is 5.10 Å². The van der Waals surface area contributed by atoms with Crippen molar-refractivity contribution in [1.29, 1.82) is 0 Å². The quantitative estimate of drug-likeness (QED) is 0.852. The largest absolute Gasteiger partial charge is 0.271 e. The Morgan fingerprint density at radius 2 is 2.31 bits per heavy atom. The average Bonchev–Trinajstić information content (AvgIpc) is 2.60. The first-order valence-corrected chi connectivity index (χ1v) is 6.33. The van der Waals surface area contributed by atoms with Gasteiger partial charge in [0.05, 0.1) is 5.69 Å². The summed E-state index contributed by atoms with van der Waals surface area (Å²) in [5, 5.41) is 7.64. The van der Waals surface area contributed by atoms with E-state index in [2.05, 4.69) is 26.1 Å². The zero-order chi connectivity index (χ0) is 11.7. The zero-order valence-corrected chi connectivity index (χ0v) is 11.7. The SMILES string of the molecule is CCc1n[nH]c(=S)n1-c1ccc(Cl)cc1Br. The van der Waals surface area contributed by atoms with Crippen LogP contribution in [0, 0.1) is 4.77 Å². The number of rotatable bonds is 2. The molecule has 0 saturated carbocycles. The predicted octanol–water partition coefficient (Wildman–Crippen LogP) is 3.91. The van der Waals surface area contributed by atoms with Crippen molar-refractivity contribution in [3.8, 4) is 5.69 Å². The number of hydrogen-bond acceptors (Lipinski definition) is 2. The monoisotopic (exact) mass is 317 g/mol. The van der Waals surface area contributed by atoms with E-state index in [0.717, 1.165) is 22.4 Å². The van der Waals surface area contributed by atoms with E-state index in [0.29, 0.717) is 9.79 Å². The highest BCUT2D eigenvalue weighted by molar-refractivity contribution is 9.10. The van der Waals surface area contributed by atoms with Crippen molar-refractivity contribution >= 4 is 39.7 Å². The van der Waals surface area contributed by atoms with Gasteiger partial charge in [-0.1, -0.05) is 18.5 Å². The molecule has 1 aromatic carbocycles. The van der Waals surface area contributed by atoms with E-state index >= 15 is 0 Å². The second-order valence-corrected chi connectivity index (χ2v) is 4.91. The van der Waals surface area contributed by atoms with Crippen LogP contribution < -0.4 is 0 Å². The number of aromatic amines is 1. The van der Waals surface area contributed by atoms with Crippen LogP contribution in [0.4, 0.5) is 0 Å². The van der Waals surface area contributed by atoms with Crippen molar-refractivity contribution < 1.29 is 0 Å². The maximum atomic E-state index is 5.90. The molecule has 1 aromatic heterocycles. The van der Waals surface area contributed by atoms with E-state index in [4.69, 9.17) is 23.8 Å². The number of nitrogens with one attached hydrogen (secondary N) is 1. The van der Waals surface area contributed by atoms with E-state index in [1.165, 1.54) is 0 Å². The topological polar surface area (TPSA) is 33.6 Å². The molecular formula is C10H9BrClN3S. The van der Waals surface area contributed by atoms with Gasteiger partial charge in [0.1, 0.15) is 5.82 Å². The molecule has 1 N–H and O–H groups in total. The molecule has 0 saturated heterocycles. The average molecular weight is 319 g/mol. The molecule has 3 nitrogen and oxygen atoms in total. The molecule has 1 heterocycles. The molecule has 0 aliphatic rings. The van der Waals surface area contributed by atoms with Crippen LogP contribution in [0.25, 0.3) is 5.69 Å². The molecule has 0 amide bonds. The van der Waals surface area contributed by atoms with Gasteiger partial charge in [0.15, 0.2) is 4.77 Å². The van der Waals surface area contributed by atoms with Crippen LogP contribution >= 0.6 is 39.7 Å². The molecule has 0 atom stereocenters. The van der Waals surface area contributed by atoms with Crippen molar-refractivity contribution in [3.05, 3.63) is 38.3 Å². The molecule has 6 heteroatoms. The second-order valence-electron chi connectivity index (χ2n) is 3.23. The molecule has 0 bridgehead atoms. The lowest BCUT2D eigenvalue weighted by atomic mass is 10.3. The van der Waals surface area contributed by atoms with Gasteiger partial charge in [0.2, 0.25) is 0 Å². The van der Waals surface area contributed by atoms with Crippen LogP contribution in [-0.2, 0) is 6.42 Å². The van der Waals surface area contributed by atoms with Crippen LogP contribution in [0.1, 0.15) is 12.7 Å². The highest BCUT2D eigenvalue weighted by atomic mass is 79.9. The first-order valence-electron chi connectivity index (χ1n) is 4.75. The third-order valence-corrected chi connectivity index (χ3v) is 3.35. The third-order valence-electron chi connectivity index (χ3n) is 2.21. The summed E-state index contributed by atoms with van der Waals surface area (Å²) >= 11 is 14.6. The van der Waals surface area contributed by atoms with Crippen molar-refractivity contribution in [1.82, 2.24) is 14.8 Å². The zero-order valence-electron chi connectivity index (χ0n) is 8.50. The minimum Gasteiger partial charge on any atom is -0.271 e. The minimum absolute atomic E-state index is 0.583. The Labute approximate surface area is 112 Å². The predicted molar refractivity (Wildman–Crippen MR) is 70.8 cm³/mol. The summed E-state index contributed by atoms with van der Waals surface area (Å²) in [7, 11) is 0. The fourth-order valence-electron chi connectivity index (χ4n) is 1.48. The standard InChI is InChI=1S/C10H9BrClN3S/c1-2-9-13-14-10(16)15(9)8-4-3-6(12)5-7(8)11/h3-5H,2H2,1H3,(H,14,16). The molecule has 0 radical (unpaired) electrons. The Morgan fingerprint density at radius 1 is 1.56 bits per heavy atom. The lowest BCUT2D eigenvalue weighted by Gasteiger charge is -2.07. The smallest absolute Gasteiger partial charge is 0.199 e. The summed E-state index contributed by atoms with van der Waals surface area (Å²) in [5.41, 5.74) is 0.944. The van der Waals surface area contributed by atoms with Crippen molar-refractivity contribution in [2.45, 2.75) is 13.3 Å². The van der Waals surface area contributed by atoms with Gasteiger partial charge in [0, 0.05) is 15.9 Å². The van der Waals surface area contributed by atoms with E-state index in [-0.39, 0.29) is 0 Å². The van der Waals surface area contributed by atoms with Crippen LogP contribution in [0.15, 0.2) is 22.7 Å².